The number of carbonyl (C=O) groups excluding carboxylic acids is 1. The van der Waals surface area contributed by atoms with Gasteiger partial charge in [-0.25, -0.2) is 13.2 Å². The Labute approximate surface area is 227 Å². The summed E-state index contributed by atoms with van der Waals surface area (Å²) in [5.74, 6) is -1.03. The van der Waals surface area contributed by atoms with Crippen molar-refractivity contribution in [1.82, 2.24) is 9.88 Å². The Hall–Kier alpha value is -4.22. The van der Waals surface area contributed by atoms with Crippen molar-refractivity contribution in [3.63, 3.8) is 0 Å². The van der Waals surface area contributed by atoms with E-state index in [2.05, 4.69) is 4.98 Å². The highest BCUT2D eigenvalue weighted by atomic mass is 32.2. The number of sulfonamides is 1. The molecule has 4 rings (SSSR count). The number of benzene rings is 2. The maximum atomic E-state index is 13.9. The van der Waals surface area contributed by atoms with Gasteiger partial charge in [0, 0.05) is 31.6 Å². The number of carboxylic acid groups (broad SMARTS) is 1. The first-order valence-electron chi connectivity index (χ1n) is 12.2. The Morgan fingerprint density at radius 1 is 1.15 bits per heavy atom. The lowest BCUT2D eigenvalue weighted by molar-refractivity contribution is -0.129. The van der Waals surface area contributed by atoms with Crippen molar-refractivity contribution in [3.05, 3.63) is 89.3 Å². The van der Waals surface area contributed by atoms with Gasteiger partial charge in [0.2, 0.25) is 5.91 Å². The highest BCUT2D eigenvalue weighted by Crippen LogP contribution is 2.34. The molecule has 1 saturated heterocycles. The number of aromatic carboxylic acids is 1. The van der Waals surface area contributed by atoms with Gasteiger partial charge in [-0.2, -0.15) is 0 Å². The van der Waals surface area contributed by atoms with Crippen LogP contribution in [0.4, 0.5) is 5.69 Å². The predicted molar refractivity (Wildman–Crippen MR) is 145 cm³/mol. The molecule has 1 aliphatic heterocycles. The minimum atomic E-state index is -4.21. The zero-order valence-corrected chi connectivity index (χ0v) is 22.4. The van der Waals surface area contributed by atoms with Gasteiger partial charge >= 0.3 is 5.97 Å². The zero-order valence-electron chi connectivity index (χ0n) is 21.6. The Balaban J connectivity index is 1.78. The zero-order chi connectivity index (χ0) is 28.0. The number of anilines is 1. The lowest BCUT2D eigenvalue weighted by atomic mass is 10.0. The van der Waals surface area contributed by atoms with Gasteiger partial charge in [0.15, 0.2) is 0 Å². The van der Waals surface area contributed by atoms with Gasteiger partial charge in [0.25, 0.3) is 10.0 Å². The minimum absolute atomic E-state index is 0.0250. The molecule has 1 fully saturated rings. The van der Waals surface area contributed by atoms with Crippen molar-refractivity contribution in [2.75, 3.05) is 37.7 Å². The number of carbonyl (C=O) groups is 2. The molecule has 1 aliphatic rings. The van der Waals surface area contributed by atoms with E-state index >= 15 is 0 Å². The van der Waals surface area contributed by atoms with E-state index in [-0.39, 0.29) is 28.6 Å². The SMILES string of the molecule is COc1ccc(S(=O)(=O)N(Cc2cccnc2)c2c(C)cc(/C=C/C(=O)N3CCOCC3)cc2C(=O)O)cc1. The monoisotopic (exact) mass is 551 g/mol. The van der Waals surface area contributed by atoms with Crippen molar-refractivity contribution in [2.45, 2.75) is 18.4 Å². The van der Waals surface area contributed by atoms with Crippen molar-refractivity contribution in [2.24, 2.45) is 0 Å². The van der Waals surface area contributed by atoms with Crippen LogP contribution >= 0.6 is 0 Å². The molecule has 1 N–H and O–H groups in total. The van der Waals surface area contributed by atoms with Crippen molar-refractivity contribution in [3.8, 4) is 5.75 Å². The maximum absolute atomic E-state index is 13.9. The van der Waals surface area contributed by atoms with Crippen LogP contribution in [-0.4, -0.2) is 68.7 Å². The number of morpholine rings is 1. The lowest BCUT2D eigenvalue weighted by Crippen LogP contribution is -2.39. The standard InChI is InChI=1S/C28H29N3O7S/c1-20-16-21(5-10-26(32)30-12-14-38-15-13-30)17-25(28(33)34)27(20)31(19-22-4-3-11-29-18-22)39(35,36)24-8-6-23(37-2)7-9-24/h3-11,16-18H,12-15,19H2,1-2H3,(H,33,34)/b10-5+. The van der Waals surface area contributed by atoms with Crippen LogP contribution in [0.15, 0.2) is 71.9 Å². The largest absolute Gasteiger partial charge is 0.497 e. The topological polar surface area (TPSA) is 126 Å². The summed E-state index contributed by atoms with van der Waals surface area (Å²) in [6, 6.07) is 12.3. The molecular formula is C28H29N3O7S. The summed E-state index contributed by atoms with van der Waals surface area (Å²) >= 11 is 0. The van der Waals surface area contributed by atoms with Crippen LogP contribution in [0.3, 0.4) is 0 Å². The van der Waals surface area contributed by atoms with Crippen LogP contribution in [0.25, 0.3) is 6.08 Å². The molecule has 3 aromatic rings. The number of amides is 1. The second-order valence-electron chi connectivity index (χ2n) is 8.86. The number of pyridine rings is 1. The van der Waals surface area contributed by atoms with E-state index < -0.39 is 16.0 Å². The number of hydrogen-bond acceptors (Lipinski definition) is 7. The second kappa shape index (κ2) is 12.1. The van der Waals surface area contributed by atoms with Gasteiger partial charge in [-0.15, -0.1) is 0 Å². The van der Waals surface area contributed by atoms with Crippen LogP contribution < -0.4 is 9.04 Å². The van der Waals surface area contributed by atoms with Crippen LogP contribution in [-0.2, 0) is 26.1 Å². The number of aryl methyl sites for hydroxylation is 1. The van der Waals surface area contributed by atoms with Gasteiger partial charge in [0.05, 0.1) is 43.0 Å². The molecule has 204 valence electrons. The van der Waals surface area contributed by atoms with E-state index in [4.69, 9.17) is 9.47 Å². The summed E-state index contributed by atoms with van der Waals surface area (Å²) in [6.07, 6.45) is 6.01. The maximum Gasteiger partial charge on any atom is 0.337 e. The number of nitrogens with zero attached hydrogens (tertiary/aromatic N) is 3. The Bertz CT molecular complexity index is 1470. The normalized spacial score (nSPS) is 13.8. The molecule has 2 aromatic carbocycles. The number of hydrogen-bond donors (Lipinski definition) is 1. The van der Waals surface area contributed by atoms with E-state index in [1.165, 1.54) is 55.8 Å². The first-order chi connectivity index (χ1) is 18.7. The molecule has 0 spiro atoms. The summed E-state index contributed by atoms with van der Waals surface area (Å²) in [4.78, 5) is 30.7. The van der Waals surface area contributed by atoms with Crippen LogP contribution in [0.1, 0.15) is 27.0 Å². The molecule has 0 bridgehead atoms. The lowest BCUT2D eigenvalue weighted by Gasteiger charge is -2.28. The highest BCUT2D eigenvalue weighted by molar-refractivity contribution is 7.92. The van der Waals surface area contributed by atoms with Gasteiger partial charge in [-0.1, -0.05) is 6.07 Å². The summed E-state index contributed by atoms with van der Waals surface area (Å²) in [7, 11) is -2.74. The molecule has 0 radical (unpaired) electrons. The molecular weight excluding hydrogens is 522 g/mol. The third-order valence-electron chi connectivity index (χ3n) is 6.24. The number of aromatic nitrogens is 1. The first kappa shape index (κ1) is 27.8. The average Bonchev–Trinajstić information content (AvgIpc) is 2.95. The minimum Gasteiger partial charge on any atom is -0.497 e. The molecule has 11 heteroatoms. The van der Waals surface area contributed by atoms with E-state index in [9.17, 15) is 23.1 Å². The number of carboxylic acids is 1. The summed E-state index contributed by atoms with van der Waals surface area (Å²) in [5.41, 5.74) is 1.26. The number of methoxy groups -OCH3 is 1. The molecule has 2 heterocycles. The van der Waals surface area contributed by atoms with Gasteiger partial charge < -0.3 is 19.5 Å². The fourth-order valence-electron chi connectivity index (χ4n) is 4.27. The van der Waals surface area contributed by atoms with Crippen LogP contribution in [0.2, 0.25) is 0 Å². The molecule has 0 saturated carbocycles. The first-order valence-corrected chi connectivity index (χ1v) is 13.6. The molecule has 0 atom stereocenters. The Kier molecular flexibility index (Phi) is 8.62. The highest BCUT2D eigenvalue weighted by Gasteiger charge is 2.30. The molecule has 0 aliphatic carbocycles. The predicted octanol–water partition coefficient (Wildman–Crippen LogP) is 3.36. The summed E-state index contributed by atoms with van der Waals surface area (Å²) in [6.45, 7) is 3.39. The summed E-state index contributed by atoms with van der Waals surface area (Å²) < 4.78 is 39.4. The quantitative estimate of drug-likeness (QED) is 0.401. The molecule has 10 nitrogen and oxygen atoms in total. The van der Waals surface area contributed by atoms with Crippen molar-refractivity contribution >= 4 is 33.7 Å². The summed E-state index contributed by atoms with van der Waals surface area (Å²) in [5, 5.41) is 10.2. The second-order valence-corrected chi connectivity index (χ2v) is 10.7. The van der Waals surface area contributed by atoms with Crippen molar-refractivity contribution < 1.29 is 32.6 Å². The number of ether oxygens (including phenoxy) is 2. The fourth-order valence-corrected chi connectivity index (χ4v) is 5.81. The van der Waals surface area contributed by atoms with Gasteiger partial charge in [0.1, 0.15) is 5.75 Å². The van der Waals surface area contributed by atoms with E-state index in [1.54, 1.807) is 36.2 Å². The molecule has 1 amide bonds. The Morgan fingerprint density at radius 2 is 1.87 bits per heavy atom. The molecule has 39 heavy (non-hydrogen) atoms. The number of rotatable bonds is 9. The van der Waals surface area contributed by atoms with E-state index in [0.29, 0.717) is 48.7 Å². The fraction of sp³-hybridized carbons (Fsp3) is 0.250. The average molecular weight is 552 g/mol. The molecule has 1 aromatic heterocycles. The van der Waals surface area contributed by atoms with E-state index in [0.717, 1.165) is 4.31 Å². The van der Waals surface area contributed by atoms with Crippen molar-refractivity contribution in [1.29, 1.82) is 0 Å². The third-order valence-corrected chi connectivity index (χ3v) is 8.00. The van der Waals surface area contributed by atoms with Gasteiger partial charge in [-0.05, 0) is 72.2 Å². The Morgan fingerprint density at radius 3 is 2.49 bits per heavy atom. The van der Waals surface area contributed by atoms with Crippen LogP contribution in [0, 0.1) is 6.92 Å². The third kappa shape index (κ3) is 6.44. The smallest absolute Gasteiger partial charge is 0.337 e. The van der Waals surface area contributed by atoms with E-state index in [1.807, 2.05) is 0 Å². The van der Waals surface area contributed by atoms with Gasteiger partial charge in [-0.3, -0.25) is 14.1 Å². The van der Waals surface area contributed by atoms with Crippen LogP contribution in [0.5, 0.6) is 5.75 Å². The molecule has 0 unspecified atom stereocenters.